The summed E-state index contributed by atoms with van der Waals surface area (Å²) in [5.74, 6) is 0.399. The molecule has 164 valence electrons. The normalized spacial score (nSPS) is 17.2. The Morgan fingerprint density at radius 2 is 1.57 bits per heavy atom. The summed E-state index contributed by atoms with van der Waals surface area (Å²) in [6.45, 7) is 6.48. The number of benzene rings is 1. The zero-order valence-corrected chi connectivity index (χ0v) is 18.9. The first kappa shape index (κ1) is 22.5. The van der Waals surface area contributed by atoms with Crippen LogP contribution in [0.1, 0.15) is 37.4 Å². The molecule has 0 radical (unpaired) electrons. The Bertz CT molecular complexity index is 1110. The van der Waals surface area contributed by atoms with E-state index in [-0.39, 0.29) is 11.2 Å². The highest BCUT2D eigenvalue weighted by atomic mass is 32.2. The van der Waals surface area contributed by atoms with Crippen LogP contribution in [0, 0.1) is 0 Å². The summed E-state index contributed by atoms with van der Waals surface area (Å²) in [5.41, 5.74) is 1.07. The van der Waals surface area contributed by atoms with Crippen LogP contribution in [0.2, 0.25) is 0 Å². The molecule has 1 fully saturated rings. The number of piperazine rings is 1. The summed E-state index contributed by atoms with van der Waals surface area (Å²) in [6.07, 6.45) is 1.01. The molecule has 2 aromatic rings. The van der Waals surface area contributed by atoms with Crippen molar-refractivity contribution in [2.24, 2.45) is 14.1 Å². The van der Waals surface area contributed by atoms with Gasteiger partial charge in [-0.25, -0.2) is 13.2 Å². The predicted molar refractivity (Wildman–Crippen MR) is 116 cm³/mol. The van der Waals surface area contributed by atoms with Crippen molar-refractivity contribution in [3.8, 4) is 0 Å². The first-order valence-corrected chi connectivity index (χ1v) is 11.7. The molecule has 1 aliphatic rings. The molecule has 0 amide bonds. The fourth-order valence-corrected chi connectivity index (χ4v) is 5.06. The molecule has 0 unspecified atom stereocenters. The maximum absolute atomic E-state index is 13.0. The molecule has 0 N–H and O–H groups in total. The summed E-state index contributed by atoms with van der Waals surface area (Å²) in [6, 6.07) is 8.64. The summed E-state index contributed by atoms with van der Waals surface area (Å²) >= 11 is 0. The number of hydrogen-bond acceptors (Lipinski definition) is 5. The molecule has 1 atom stereocenters. The van der Waals surface area contributed by atoms with Gasteiger partial charge in [-0.05, 0) is 30.0 Å². The van der Waals surface area contributed by atoms with E-state index in [1.807, 2.05) is 12.1 Å². The first-order chi connectivity index (χ1) is 14.1. The largest absolute Gasteiger partial charge is 0.330 e. The van der Waals surface area contributed by atoms with Gasteiger partial charge in [0, 0.05) is 58.6 Å². The van der Waals surface area contributed by atoms with Gasteiger partial charge in [0.15, 0.2) is 0 Å². The van der Waals surface area contributed by atoms with Crippen LogP contribution in [0.4, 0.5) is 0 Å². The molecule has 8 nitrogen and oxygen atoms in total. The third-order valence-electron chi connectivity index (χ3n) is 6.04. The van der Waals surface area contributed by atoms with Gasteiger partial charge in [-0.15, -0.1) is 0 Å². The minimum absolute atomic E-state index is 0.317. The first-order valence-electron chi connectivity index (χ1n) is 10.2. The van der Waals surface area contributed by atoms with Crippen LogP contribution < -0.4 is 11.2 Å². The van der Waals surface area contributed by atoms with Crippen molar-refractivity contribution in [2.75, 3.05) is 26.2 Å². The molecule has 0 aliphatic carbocycles. The van der Waals surface area contributed by atoms with E-state index in [1.54, 1.807) is 19.2 Å². The predicted octanol–water partition coefficient (Wildman–Crippen LogP) is 1.10. The molecule has 30 heavy (non-hydrogen) atoms. The van der Waals surface area contributed by atoms with Crippen molar-refractivity contribution >= 4 is 10.0 Å². The molecule has 0 saturated carbocycles. The van der Waals surface area contributed by atoms with E-state index in [4.69, 9.17) is 0 Å². The summed E-state index contributed by atoms with van der Waals surface area (Å²) in [4.78, 5) is 26.4. The topological polar surface area (TPSA) is 84.6 Å². The molecular formula is C21H30N4O4S. The number of hydrogen-bond donors (Lipinski definition) is 0. The Morgan fingerprint density at radius 1 is 0.967 bits per heavy atom. The van der Waals surface area contributed by atoms with Gasteiger partial charge >= 0.3 is 5.69 Å². The molecule has 1 saturated heterocycles. The van der Waals surface area contributed by atoms with Crippen LogP contribution in [0.3, 0.4) is 0 Å². The Kier molecular flexibility index (Phi) is 6.64. The van der Waals surface area contributed by atoms with Crippen molar-refractivity contribution in [1.29, 1.82) is 0 Å². The van der Waals surface area contributed by atoms with Crippen LogP contribution in [0.15, 0.2) is 44.8 Å². The van der Waals surface area contributed by atoms with E-state index in [2.05, 4.69) is 18.7 Å². The van der Waals surface area contributed by atoms with Gasteiger partial charge in [0.2, 0.25) is 10.0 Å². The lowest BCUT2D eigenvalue weighted by Gasteiger charge is -2.34. The average molecular weight is 435 g/mol. The Balaban J connectivity index is 1.68. The SMILES string of the molecule is CC[C@@H](C)c1ccc(S(=O)(=O)N2CCN(Cc3cc(=O)n(C)c(=O)n3C)CC2)cc1. The smallest absolute Gasteiger partial charge is 0.299 e. The number of aromatic nitrogens is 2. The highest BCUT2D eigenvalue weighted by Crippen LogP contribution is 2.23. The standard InChI is InChI=1S/C21H30N4O4S/c1-5-16(2)17-6-8-19(9-7-17)30(28,29)25-12-10-24(11-13-25)15-18-14-20(26)23(4)21(27)22(18)3/h6-9,14,16H,5,10-13,15H2,1-4H3/t16-/m1/s1. The summed E-state index contributed by atoms with van der Waals surface area (Å²) in [5, 5.41) is 0. The van der Waals surface area contributed by atoms with Gasteiger partial charge in [0.05, 0.1) is 4.90 Å². The second-order valence-corrected chi connectivity index (χ2v) is 9.87. The van der Waals surface area contributed by atoms with Crippen LogP contribution in [0.5, 0.6) is 0 Å². The molecule has 1 aromatic heterocycles. The fourth-order valence-electron chi connectivity index (χ4n) is 3.64. The van der Waals surface area contributed by atoms with Gasteiger partial charge in [-0.1, -0.05) is 26.0 Å². The number of rotatable bonds is 6. The summed E-state index contributed by atoms with van der Waals surface area (Å²) < 4.78 is 30.0. The number of nitrogens with zero attached hydrogens (tertiary/aromatic N) is 4. The van der Waals surface area contributed by atoms with Gasteiger partial charge in [-0.3, -0.25) is 18.8 Å². The van der Waals surface area contributed by atoms with Crippen LogP contribution in [0.25, 0.3) is 0 Å². The van der Waals surface area contributed by atoms with E-state index in [9.17, 15) is 18.0 Å². The highest BCUT2D eigenvalue weighted by Gasteiger charge is 2.28. The molecule has 0 spiro atoms. The molecule has 1 aliphatic heterocycles. The lowest BCUT2D eigenvalue weighted by molar-refractivity contribution is 0.177. The Morgan fingerprint density at radius 3 is 2.13 bits per heavy atom. The van der Waals surface area contributed by atoms with Gasteiger partial charge < -0.3 is 0 Å². The summed E-state index contributed by atoms with van der Waals surface area (Å²) in [7, 11) is -0.445. The Labute approximate surface area is 177 Å². The third kappa shape index (κ3) is 4.43. The molecule has 3 rings (SSSR count). The van der Waals surface area contributed by atoms with Crippen molar-refractivity contribution in [3.05, 3.63) is 62.4 Å². The van der Waals surface area contributed by atoms with Crippen molar-refractivity contribution in [3.63, 3.8) is 0 Å². The zero-order valence-electron chi connectivity index (χ0n) is 18.0. The van der Waals surface area contributed by atoms with Crippen LogP contribution >= 0.6 is 0 Å². The number of sulfonamides is 1. The van der Waals surface area contributed by atoms with Crippen LogP contribution in [-0.4, -0.2) is 52.9 Å². The molecular weight excluding hydrogens is 404 g/mol. The molecule has 9 heteroatoms. The Hall–Kier alpha value is -2.23. The average Bonchev–Trinajstić information content (AvgIpc) is 2.76. The third-order valence-corrected chi connectivity index (χ3v) is 7.95. The molecule has 1 aromatic carbocycles. The van der Waals surface area contributed by atoms with Gasteiger partial charge in [0.1, 0.15) is 0 Å². The second kappa shape index (κ2) is 8.87. The fraction of sp³-hybridized carbons (Fsp3) is 0.524. The van der Waals surface area contributed by atoms with Gasteiger partial charge in [0.25, 0.3) is 5.56 Å². The second-order valence-electron chi connectivity index (χ2n) is 7.93. The zero-order chi connectivity index (χ0) is 22.1. The maximum atomic E-state index is 13.0. The lowest BCUT2D eigenvalue weighted by Crippen LogP contribution is -2.49. The van der Waals surface area contributed by atoms with E-state index in [0.29, 0.717) is 49.2 Å². The van der Waals surface area contributed by atoms with E-state index < -0.39 is 10.0 Å². The van der Waals surface area contributed by atoms with Crippen molar-refractivity contribution in [2.45, 2.75) is 37.6 Å². The van der Waals surface area contributed by atoms with Crippen molar-refractivity contribution < 1.29 is 8.42 Å². The van der Waals surface area contributed by atoms with Crippen LogP contribution in [-0.2, 0) is 30.7 Å². The highest BCUT2D eigenvalue weighted by molar-refractivity contribution is 7.89. The monoisotopic (exact) mass is 434 g/mol. The maximum Gasteiger partial charge on any atom is 0.330 e. The minimum atomic E-state index is -3.54. The molecule has 0 bridgehead atoms. The van der Waals surface area contributed by atoms with E-state index in [1.165, 1.54) is 22.0 Å². The van der Waals surface area contributed by atoms with E-state index in [0.717, 1.165) is 16.6 Å². The van der Waals surface area contributed by atoms with Crippen molar-refractivity contribution in [1.82, 2.24) is 18.3 Å². The minimum Gasteiger partial charge on any atom is -0.299 e. The quantitative estimate of drug-likeness (QED) is 0.680. The van der Waals surface area contributed by atoms with E-state index >= 15 is 0 Å². The van der Waals surface area contributed by atoms with Gasteiger partial charge in [-0.2, -0.15) is 4.31 Å². The lowest BCUT2D eigenvalue weighted by atomic mass is 9.99. The molecule has 2 heterocycles.